The summed E-state index contributed by atoms with van der Waals surface area (Å²) in [6, 6.07) is -0.508. The molecule has 0 unspecified atom stereocenters. The van der Waals surface area contributed by atoms with Gasteiger partial charge in [-0.1, -0.05) is 6.92 Å². The van der Waals surface area contributed by atoms with Crippen molar-refractivity contribution in [3.05, 3.63) is 0 Å². The lowest BCUT2D eigenvalue weighted by Crippen LogP contribution is -2.46. The van der Waals surface area contributed by atoms with Crippen molar-refractivity contribution >= 4 is 23.6 Å². The normalized spacial score (nSPS) is 12.0. The first-order valence-electron chi connectivity index (χ1n) is 5.79. The van der Waals surface area contributed by atoms with Crippen molar-refractivity contribution in [2.75, 3.05) is 32.1 Å². The highest BCUT2D eigenvalue weighted by molar-refractivity contribution is 7.98. The minimum atomic E-state index is -0.508. The van der Waals surface area contributed by atoms with Crippen LogP contribution in [0, 0.1) is 0 Å². The number of carbonyl (C=O) groups excluding carboxylic acids is 2. The lowest BCUT2D eigenvalue weighted by molar-refractivity contribution is -0.135. The van der Waals surface area contributed by atoms with Crippen LogP contribution in [0.2, 0.25) is 0 Å². The molecule has 3 N–H and O–H groups in total. The summed E-state index contributed by atoms with van der Waals surface area (Å²) in [7, 11) is 1.60. The second-order valence-corrected chi connectivity index (χ2v) is 4.92. The molecule has 0 saturated heterocycles. The van der Waals surface area contributed by atoms with Crippen LogP contribution < -0.4 is 11.1 Å². The van der Waals surface area contributed by atoms with Crippen molar-refractivity contribution in [1.29, 1.82) is 0 Å². The van der Waals surface area contributed by atoms with Crippen LogP contribution in [0.4, 0.5) is 0 Å². The van der Waals surface area contributed by atoms with E-state index in [0.29, 0.717) is 13.0 Å². The fraction of sp³-hybridized carbons (Fsp3) is 0.818. The van der Waals surface area contributed by atoms with E-state index in [9.17, 15) is 9.59 Å². The first-order valence-corrected chi connectivity index (χ1v) is 7.18. The van der Waals surface area contributed by atoms with Crippen molar-refractivity contribution in [1.82, 2.24) is 10.2 Å². The second-order valence-electron chi connectivity index (χ2n) is 3.93. The molecule has 1 atom stereocenters. The second kappa shape index (κ2) is 9.30. The van der Waals surface area contributed by atoms with Crippen LogP contribution in [0.1, 0.15) is 19.8 Å². The molecule has 0 aromatic carbocycles. The number of nitrogens with one attached hydrogen (secondary N) is 1. The number of thioether (sulfide) groups is 1. The van der Waals surface area contributed by atoms with E-state index in [1.54, 1.807) is 18.8 Å². The Hall–Kier alpha value is -0.750. The fourth-order valence-corrected chi connectivity index (χ4v) is 1.75. The molecule has 0 heterocycles. The van der Waals surface area contributed by atoms with Gasteiger partial charge in [-0.15, -0.1) is 0 Å². The molecule has 0 radical (unpaired) electrons. The first-order chi connectivity index (χ1) is 8.02. The van der Waals surface area contributed by atoms with Crippen LogP contribution in [0.5, 0.6) is 0 Å². The zero-order chi connectivity index (χ0) is 13.3. The Balaban J connectivity index is 3.99. The van der Waals surface area contributed by atoms with Gasteiger partial charge in [-0.2, -0.15) is 11.8 Å². The monoisotopic (exact) mass is 261 g/mol. The summed E-state index contributed by atoms with van der Waals surface area (Å²) in [5.74, 6) is 0.536. The molecular formula is C11H23N3O2S. The van der Waals surface area contributed by atoms with Gasteiger partial charge >= 0.3 is 0 Å². The number of carbonyl (C=O) groups is 2. The van der Waals surface area contributed by atoms with E-state index in [1.807, 2.05) is 13.2 Å². The zero-order valence-electron chi connectivity index (χ0n) is 10.9. The summed E-state index contributed by atoms with van der Waals surface area (Å²) in [4.78, 5) is 24.6. The van der Waals surface area contributed by atoms with Crippen LogP contribution >= 0.6 is 11.8 Å². The molecule has 6 heteroatoms. The van der Waals surface area contributed by atoms with Gasteiger partial charge in [-0.25, -0.2) is 0 Å². The van der Waals surface area contributed by atoms with E-state index < -0.39 is 6.04 Å². The van der Waals surface area contributed by atoms with Gasteiger partial charge in [0.15, 0.2) is 0 Å². The number of rotatable bonds is 8. The molecule has 0 aliphatic carbocycles. The molecule has 2 amide bonds. The Morgan fingerprint density at radius 1 is 1.47 bits per heavy atom. The maximum Gasteiger partial charge on any atom is 0.239 e. The standard InChI is InChI=1S/C11H23N3O2S/c1-4-6-13-10(15)8-14(2)11(16)9(12)5-7-17-3/h9H,4-8,12H2,1-3H3,(H,13,15)/t9-/m0/s1. The van der Waals surface area contributed by atoms with E-state index in [0.717, 1.165) is 12.2 Å². The Bertz CT molecular complexity index is 249. The highest BCUT2D eigenvalue weighted by atomic mass is 32.2. The lowest BCUT2D eigenvalue weighted by Gasteiger charge is -2.20. The molecule has 100 valence electrons. The molecule has 0 saturated carbocycles. The van der Waals surface area contributed by atoms with E-state index in [-0.39, 0.29) is 18.4 Å². The Morgan fingerprint density at radius 3 is 2.65 bits per heavy atom. The maximum absolute atomic E-state index is 11.8. The molecule has 0 aromatic rings. The smallest absolute Gasteiger partial charge is 0.239 e. The van der Waals surface area contributed by atoms with Gasteiger partial charge in [0, 0.05) is 13.6 Å². The van der Waals surface area contributed by atoms with Gasteiger partial charge in [0.25, 0.3) is 0 Å². The van der Waals surface area contributed by atoms with Gasteiger partial charge in [0.2, 0.25) is 11.8 Å². The average molecular weight is 261 g/mol. The van der Waals surface area contributed by atoms with E-state index in [4.69, 9.17) is 5.73 Å². The lowest BCUT2D eigenvalue weighted by atomic mass is 10.2. The maximum atomic E-state index is 11.8. The van der Waals surface area contributed by atoms with Crippen molar-refractivity contribution in [2.24, 2.45) is 5.73 Å². The van der Waals surface area contributed by atoms with Crippen molar-refractivity contribution in [3.63, 3.8) is 0 Å². The Labute approximate surface area is 107 Å². The molecular weight excluding hydrogens is 238 g/mol. The molecule has 0 aliphatic rings. The van der Waals surface area contributed by atoms with Crippen LogP contribution in [0.15, 0.2) is 0 Å². The number of likely N-dealkylation sites (N-methyl/N-ethyl adjacent to an activating group) is 1. The van der Waals surface area contributed by atoms with Crippen molar-refractivity contribution in [3.8, 4) is 0 Å². The fourth-order valence-electron chi connectivity index (χ4n) is 1.27. The quantitative estimate of drug-likeness (QED) is 0.647. The highest BCUT2D eigenvalue weighted by Gasteiger charge is 2.19. The number of nitrogens with two attached hydrogens (primary N) is 1. The van der Waals surface area contributed by atoms with E-state index in [2.05, 4.69) is 5.32 Å². The molecule has 0 aliphatic heterocycles. The van der Waals surface area contributed by atoms with Gasteiger partial charge in [-0.3, -0.25) is 9.59 Å². The highest BCUT2D eigenvalue weighted by Crippen LogP contribution is 2.01. The molecule has 17 heavy (non-hydrogen) atoms. The molecule has 0 spiro atoms. The topological polar surface area (TPSA) is 75.4 Å². The molecule has 0 bridgehead atoms. The average Bonchev–Trinajstić information content (AvgIpc) is 2.32. The predicted octanol–water partition coefficient (Wildman–Crippen LogP) is 0.0514. The van der Waals surface area contributed by atoms with Crippen molar-refractivity contribution in [2.45, 2.75) is 25.8 Å². The SMILES string of the molecule is CCCNC(=O)CN(C)C(=O)[C@@H](N)CCSC. The minimum absolute atomic E-state index is 0.0752. The van der Waals surface area contributed by atoms with Crippen LogP contribution in [-0.4, -0.2) is 54.9 Å². The third kappa shape index (κ3) is 7.23. The van der Waals surface area contributed by atoms with Crippen LogP contribution in [0.3, 0.4) is 0 Å². The molecule has 0 aromatic heterocycles. The molecule has 0 fully saturated rings. The molecule has 0 rings (SSSR count). The van der Waals surface area contributed by atoms with Gasteiger partial charge in [-0.05, 0) is 24.9 Å². The Morgan fingerprint density at radius 2 is 2.12 bits per heavy atom. The van der Waals surface area contributed by atoms with Gasteiger partial charge in [0.05, 0.1) is 12.6 Å². The third-order valence-corrected chi connectivity index (χ3v) is 2.92. The third-order valence-electron chi connectivity index (χ3n) is 2.28. The Kier molecular flexibility index (Phi) is 8.89. The first kappa shape index (κ1) is 16.2. The number of hydrogen-bond acceptors (Lipinski definition) is 4. The number of amides is 2. The molecule has 5 nitrogen and oxygen atoms in total. The zero-order valence-corrected chi connectivity index (χ0v) is 11.7. The van der Waals surface area contributed by atoms with Crippen LogP contribution in [0.25, 0.3) is 0 Å². The largest absolute Gasteiger partial charge is 0.355 e. The summed E-state index contributed by atoms with van der Waals surface area (Å²) >= 11 is 1.65. The van der Waals surface area contributed by atoms with E-state index >= 15 is 0 Å². The van der Waals surface area contributed by atoms with Gasteiger partial charge in [0.1, 0.15) is 0 Å². The summed E-state index contributed by atoms with van der Waals surface area (Å²) in [5.41, 5.74) is 5.74. The summed E-state index contributed by atoms with van der Waals surface area (Å²) < 4.78 is 0. The van der Waals surface area contributed by atoms with Gasteiger partial charge < -0.3 is 16.0 Å². The minimum Gasteiger partial charge on any atom is -0.355 e. The van der Waals surface area contributed by atoms with Crippen LogP contribution in [-0.2, 0) is 9.59 Å². The summed E-state index contributed by atoms with van der Waals surface area (Å²) in [6.07, 6.45) is 3.50. The summed E-state index contributed by atoms with van der Waals surface area (Å²) in [6.45, 7) is 2.69. The van der Waals surface area contributed by atoms with Crippen molar-refractivity contribution < 1.29 is 9.59 Å². The number of hydrogen-bond donors (Lipinski definition) is 2. The van der Waals surface area contributed by atoms with E-state index in [1.165, 1.54) is 4.90 Å². The predicted molar refractivity (Wildman–Crippen MR) is 71.9 cm³/mol. The summed E-state index contributed by atoms with van der Waals surface area (Å²) in [5, 5.41) is 2.72. The number of nitrogens with zero attached hydrogens (tertiary/aromatic N) is 1.